The van der Waals surface area contributed by atoms with Crippen molar-refractivity contribution < 1.29 is 32.9 Å². The highest BCUT2D eigenvalue weighted by molar-refractivity contribution is 5.91. The van der Waals surface area contributed by atoms with E-state index in [2.05, 4.69) is 21.5 Å². The second kappa shape index (κ2) is 9.45. The van der Waals surface area contributed by atoms with Crippen molar-refractivity contribution in [2.75, 3.05) is 18.5 Å². The fourth-order valence-corrected chi connectivity index (χ4v) is 4.86. The highest BCUT2D eigenvalue weighted by Crippen LogP contribution is 2.51. The average Bonchev–Trinajstić information content (AvgIpc) is 3.24. The van der Waals surface area contributed by atoms with Crippen LogP contribution in [0.4, 0.5) is 24.7 Å². The minimum atomic E-state index is -5.29. The Hall–Kier alpha value is -3.89. The standard InChI is InChI=1S/C25H26F3N5O5/c1-22(2,21(35)36)24(37,25(26,27)28)15-4-6-16(7-5-15)31-19-18-17(8-12-30-20(18)34)33(32-19)23(10-11-29)9-3-13-38-14-23/h4-8,12,37H,3,9-10,13-14H2,1-2H3,(H,30,34)(H,31,32)(H,35,36). The molecule has 4 rings (SSSR count). The molecule has 1 aliphatic heterocycles. The number of nitrogens with zero attached hydrogens (tertiary/aromatic N) is 3. The lowest BCUT2D eigenvalue weighted by Crippen LogP contribution is -2.56. The van der Waals surface area contributed by atoms with Gasteiger partial charge in [-0.2, -0.15) is 23.5 Å². The number of benzene rings is 1. The molecule has 1 aliphatic rings. The van der Waals surface area contributed by atoms with Crippen LogP contribution in [0.3, 0.4) is 0 Å². The number of nitrogens with one attached hydrogen (secondary N) is 2. The van der Waals surface area contributed by atoms with E-state index in [0.717, 1.165) is 26.0 Å². The molecule has 0 amide bonds. The molecule has 2 unspecified atom stereocenters. The molecular weight excluding hydrogens is 507 g/mol. The Morgan fingerprint density at radius 2 is 1.97 bits per heavy atom. The maximum atomic E-state index is 14.0. The number of aromatic nitrogens is 3. The number of rotatable bonds is 7. The normalized spacial score (nSPS) is 20.0. The van der Waals surface area contributed by atoms with Gasteiger partial charge in [0.05, 0.1) is 30.2 Å². The van der Waals surface area contributed by atoms with Crippen LogP contribution >= 0.6 is 0 Å². The Morgan fingerprint density at radius 3 is 2.53 bits per heavy atom. The van der Waals surface area contributed by atoms with Crippen molar-refractivity contribution in [3.63, 3.8) is 0 Å². The third-order valence-electron chi connectivity index (χ3n) is 7.18. The number of nitriles is 1. The number of ether oxygens (including phenoxy) is 1. The zero-order chi connectivity index (χ0) is 27.9. The quantitative estimate of drug-likeness (QED) is 0.358. The maximum absolute atomic E-state index is 14.0. The number of hydrogen-bond acceptors (Lipinski definition) is 7. The first kappa shape index (κ1) is 27.2. The lowest BCUT2D eigenvalue weighted by molar-refractivity contribution is -0.302. The van der Waals surface area contributed by atoms with E-state index in [4.69, 9.17) is 4.74 Å². The smallest absolute Gasteiger partial charge is 0.422 e. The number of carboxylic acid groups (broad SMARTS) is 1. The Kier molecular flexibility index (Phi) is 6.75. The van der Waals surface area contributed by atoms with Crippen molar-refractivity contribution in [3.8, 4) is 6.07 Å². The summed E-state index contributed by atoms with van der Waals surface area (Å²) in [6.45, 7) is 2.35. The number of aromatic amines is 1. The summed E-state index contributed by atoms with van der Waals surface area (Å²) in [4.78, 5) is 26.9. The highest BCUT2D eigenvalue weighted by Gasteiger charge is 2.66. The van der Waals surface area contributed by atoms with Gasteiger partial charge in [-0.1, -0.05) is 12.1 Å². The summed E-state index contributed by atoms with van der Waals surface area (Å²) >= 11 is 0. The number of hydrogen-bond donors (Lipinski definition) is 4. The van der Waals surface area contributed by atoms with E-state index in [1.54, 1.807) is 10.7 Å². The third kappa shape index (κ3) is 4.19. The number of pyridine rings is 1. The number of carboxylic acids is 1. The van der Waals surface area contributed by atoms with Crippen molar-refractivity contribution in [3.05, 3.63) is 52.4 Å². The number of carbonyl (C=O) groups is 1. The molecule has 2 aromatic heterocycles. The summed E-state index contributed by atoms with van der Waals surface area (Å²) in [6, 6.07) is 8.19. The zero-order valence-corrected chi connectivity index (χ0v) is 20.6. The van der Waals surface area contributed by atoms with Crippen molar-refractivity contribution in [2.24, 2.45) is 5.41 Å². The van der Waals surface area contributed by atoms with Gasteiger partial charge in [0.2, 0.25) is 5.60 Å². The van der Waals surface area contributed by atoms with Gasteiger partial charge in [-0.3, -0.25) is 14.3 Å². The summed E-state index contributed by atoms with van der Waals surface area (Å²) in [5, 5.41) is 37.3. The Bertz CT molecular complexity index is 1450. The summed E-state index contributed by atoms with van der Waals surface area (Å²) in [5.74, 6) is -1.72. The van der Waals surface area contributed by atoms with E-state index < -0.39 is 39.8 Å². The van der Waals surface area contributed by atoms with Crippen LogP contribution in [0.2, 0.25) is 0 Å². The van der Waals surface area contributed by atoms with E-state index >= 15 is 0 Å². The Labute approximate surface area is 214 Å². The minimum absolute atomic E-state index is 0.0834. The molecule has 13 heteroatoms. The second-order valence-corrected chi connectivity index (χ2v) is 9.88. The van der Waals surface area contributed by atoms with Crippen molar-refractivity contribution in [2.45, 2.75) is 50.4 Å². The molecule has 0 radical (unpaired) electrons. The number of anilines is 2. The number of aliphatic hydroxyl groups is 1. The Balaban J connectivity index is 1.77. The molecule has 1 aromatic carbocycles. The van der Waals surface area contributed by atoms with E-state index in [1.807, 2.05) is 0 Å². The molecule has 0 aliphatic carbocycles. The summed E-state index contributed by atoms with van der Waals surface area (Å²) in [6.07, 6.45) is -2.48. The largest absolute Gasteiger partial charge is 0.481 e. The molecule has 1 saturated heterocycles. The molecular formula is C25H26F3N5O5. The van der Waals surface area contributed by atoms with Crippen LogP contribution in [0.15, 0.2) is 41.3 Å². The number of fused-ring (bicyclic) bond motifs is 1. The molecule has 0 saturated carbocycles. The number of halogens is 3. The predicted molar refractivity (Wildman–Crippen MR) is 130 cm³/mol. The first-order valence-electron chi connectivity index (χ1n) is 11.7. The van der Waals surface area contributed by atoms with Crippen molar-refractivity contribution in [1.82, 2.24) is 14.8 Å². The van der Waals surface area contributed by atoms with Gasteiger partial charge in [-0.05, 0) is 50.5 Å². The predicted octanol–water partition coefficient (Wildman–Crippen LogP) is 3.75. The van der Waals surface area contributed by atoms with E-state index in [0.29, 0.717) is 25.0 Å². The molecule has 202 valence electrons. The average molecular weight is 534 g/mol. The van der Waals surface area contributed by atoms with Gasteiger partial charge in [0.1, 0.15) is 10.8 Å². The van der Waals surface area contributed by atoms with E-state index in [9.17, 15) is 38.2 Å². The van der Waals surface area contributed by atoms with Gasteiger partial charge in [0, 0.05) is 18.5 Å². The SMILES string of the molecule is CC(C)(C(=O)O)C(O)(c1ccc(Nc2nn(C3(CC#N)CCCOC3)c3cc[nH]c(=O)c23)cc1)C(F)(F)F. The fraction of sp³-hybridized carbons (Fsp3) is 0.440. The molecule has 0 bridgehead atoms. The van der Waals surface area contributed by atoms with Gasteiger partial charge in [0.25, 0.3) is 5.56 Å². The van der Waals surface area contributed by atoms with Gasteiger partial charge < -0.3 is 25.3 Å². The Morgan fingerprint density at radius 1 is 1.29 bits per heavy atom. The van der Waals surface area contributed by atoms with Crippen LogP contribution in [0, 0.1) is 16.7 Å². The lowest BCUT2D eigenvalue weighted by Gasteiger charge is -2.41. The summed E-state index contributed by atoms with van der Waals surface area (Å²) < 4.78 is 49.2. The van der Waals surface area contributed by atoms with Gasteiger partial charge in [-0.25, -0.2) is 0 Å². The van der Waals surface area contributed by atoms with Crippen LogP contribution in [0.25, 0.3) is 10.9 Å². The second-order valence-electron chi connectivity index (χ2n) is 9.88. The van der Waals surface area contributed by atoms with Gasteiger partial charge >= 0.3 is 12.1 Å². The molecule has 3 aromatic rings. The monoisotopic (exact) mass is 533 g/mol. The van der Waals surface area contributed by atoms with Gasteiger partial charge in [-0.15, -0.1) is 0 Å². The highest BCUT2D eigenvalue weighted by atomic mass is 19.4. The van der Waals surface area contributed by atoms with E-state index in [1.165, 1.54) is 18.3 Å². The van der Waals surface area contributed by atoms with Gasteiger partial charge in [0.15, 0.2) is 5.82 Å². The number of alkyl halides is 3. The van der Waals surface area contributed by atoms with Crippen LogP contribution in [0.1, 0.15) is 38.7 Å². The molecule has 2 atom stereocenters. The van der Waals surface area contributed by atoms with Crippen LogP contribution in [0.5, 0.6) is 0 Å². The summed E-state index contributed by atoms with van der Waals surface area (Å²) in [5.41, 5.74) is -7.54. The number of H-pyrrole nitrogens is 1. The van der Waals surface area contributed by atoms with Crippen molar-refractivity contribution >= 4 is 28.4 Å². The first-order chi connectivity index (χ1) is 17.8. The minimum Gasteiger partial charge on any atom is -0.481 e. The maximum Gasteiger partial charge on any atom is 0.422 e. The molecule has 0 spiro atoms. The molecule has 10 nitrogen and oxygen atoms in total. The number of aliphatic carboxylic acids is 1. The summed E-state index contributed by atoms with van der Waals surface area (Å²) in [7, 11) is 0. The molecule has 4 N–H and O–H groups in total. The van der Waals surface area contributed by atoms with Crippen LogP contribution in [-0.2, 0) is 20.7 Å². The third-order valence-corrected chi connectivity index (χ3v) is 7.18. The first-order valence-corrected chi connectivity index (χ1v) is 11.7. The molecule has 38 heavy (non-hydrogen) atoms. The zero-order valence-electron chi connectivity index (χ0n) is 20.6. The van der Waals surface area contributed by atoms with E-state index in [-0.39, 0.29) is 29.9 Å². The molecule has 1 fully saturated rings. The van der Waals surface area contributed by atoms with Crippen LogP contribution < -0.4 is 10.9 Å². The van der Waals surface area contributed by atoms with Crippen LogP contribution in [-0.4, -0.2) is 50.3 Å². The van der Waals surface area contributed by atoms with Crippen molar-refractivity contribution in [1.29, 1.82) is 5.26 Å². The fourth-order valence-electron chi connectivity index (χ4n) is 4.86. The topological polar surface area (TPSA) is 153 Å². The molecule has 3 heterocycles. The lowest BCUT2D eigenvalue weighted by atomic mass is 9.70.